The van der Waals surface area contributed by atoms with Gasteiger partial charge in [-0.1, -0.05) is 50.6 Å². The maximum Gasteiger partial charge on any atom is 0.319 e. The molecular weight excluding hydrogens is 393 g/mol. The molecule has 0 spiro atoms. The van der Waals surface area contributed by atoms with E-state index in [2.05, 4.69) is 16.7 Å². The van der Waals surface area contributed by atoms with Crippen LogP contribution in [-0.4, -0.2) is 6.03 Å². The number of halogens is 2. The topological polar surface area (TPSA) is 74.1 Å². The summed E-state index contributed by atoms with van der Waals surface area (Å²) >= 11 is 6.02. The number of benzene rings is 2. The molecular formula is C22H21ClFN3O2. The van der Waals surface area contributed by atoms with Gasteiger partial charge in [-0.25, -0.2) is 9.18 Å². The van der Waals surface area contributed by atoms with Crippen LogP contribution in [0.4, 0.5) is 9.18 Å². The Balaban J connectivity index is 1.82. The average molecular weight is 414 g/mol. The molecule has 29 heavy (non-hydrogen) atoms. The number of amides is 2. The number of carbonyl (C=O) groups is 1. The fraction of sp³-hybridized carbons (Fsp3) is 0.273. The molecule has 5 nitrogen and oxygen atoms in total. The molecule has 0 aliphatic carbocycles. The van der Waals surface area contributed by atoms with Gasteiger partial charge >= 0.3 is 6.03 Å². The number of rotatable bonds is 4. The SMILES string of the molecule is CC(C)(C)C1=C(C#N)[C@@H](c2ccc(OCc3c(F)cccc3Cl)cc2)NC(=O)N1. The van der Waals surface area contributed by atoms with Crippen LogP contribution in [0.5, 0.6) is 5.75 Å². The number of urea groups is 1. The van der Waals surface area contributed by atoms with Gasteiger partial charge in [0.15, 0.2) is 0 Å². The van der Waals surface area contributed by atoms with E-state index in [0.29, 0.717) is 22.0 Å². The van der Waals surface area contributed by atoms with Crippen molar-refractivity contribution in [2.75, 3.05) is 0 Å². The van der Waals surface area contributed by atoms with Crippen LogP contribution in [0.1, 0.15) is 37.9 Å². The zero-order valence-electron chi connectivity index (χ0n) is 16.3. The second-order valence-electron chi connectivity index (χ2n) is 7.74. The lowest BCUT2D eigenvalue weighted by atomic mass is 9.84. The third kappa shape index (κ3) is 4.52. The van der Waals surface area contributed by atoms with Crippen LogP contribution in [0.25, 0.3) is 0 Å². The molecule has 0 saturated carbocycles. The van der Waals surface area contributed by atoms with Gasteiger partial charge in [0.25, 0.3) is 0 Å². The predicted molar refractivity (Wildman–Crippen MR) is 109 cm³/mol. The Morgan fingerprint density at radius 2 is 1.90 bits per heavy atom. The summed E-state index contributed by atoms with van der Waals surface area (Å²) in [6.45, 7) is 5.81. The summed E-state index contributed by atoms with van der Waals surface area (Å²) in [5.74, 6) is 0.0944. The third-order valence-corrected chi connectivity index (χ3v) is 4.95. The van der Waals surface area contributed by atoms with E-state index in [1.165, 1.54) is 12.1 Å². The van der Waals surface area contributed by atoms with Crippen molar-refractivity contribution in [3.05, 3.63) is 75.7 Å². The van der Waals surface area contributed by atoms with Gasteiger partial charge in [-0.15, -0.1) is 0 Å². The molecule has 0 aromatic heterocycles. The van der Waals surface area contributed by atoms with E-state index in [-0.39, 0.29) is 23.6 Å². The van der Waals surface area contributed by atoms with Gasteiger partial charge in [0.05, 0.1) is 22.7 Å². The molecule has 0 saturated heterocycles. The van der Waals surface area contributed by atoms with Crippen molar-refractivity contribution in [2.24, 2.45) is 5.41 Å². The molecule has 2 aromatic rings. The number of hydrogen-bond acceptors (Lipinski definition) is 3. The lowest BCUT2D eigenvalue weighted by molar-refractivity contribution is 0.235. The molecule has 1 heterocycles. The second-order valence-corrected chi connectivity index (χ2v) is 8.15. The maximum absolute atomic E-state index is 13.9. The Morgan fingerprint density at radius 1 is 1.21 bits per heavy atom. The standard InChI is InChI=1S/C22H21ClFN3O2/c1-22(2,3)20-15(11-25)19(26-21(28)27-20)13-7-9-14(10-8-13)29-12-16-17(23)5-4-6-18(16)24/h4-10,19H,12H2,1-3H3,(H2,26,27,28)/t19-/m1/s1. The summed E-state index contributed by atoms with van der Waals surface area (Å²) in [5, 5.41) is 15.5. The van der Waals surface area contributed by atoms with Gasteiger partial charge in [-0.3, -0.25) is 0 Å². The molecule has 0 radical (unpaired) electrons. The van der Waals surface area contributed by atoms with Gasteiger partial charge in [-0.2, -0.15) is 5.26 Å². The van der Waals surface area contributed by atoms with Gasteiger partial charge in [0.2, 0.25) is 0 Å². The molecule has 2 N–H and O–H groups in total. The Morgan fingerprint density at radius 3 is 2.48 bits per heavy atom. The zero-order chi connectivity index (χ0) is 21.2. The van der Waals surface area contributed by atoms with Crippen LogP contribution in [0.15, 0.2) is 53.7 Å². The summed E-state index contributed by atoms with van der Waals surface area (Å²) in [7, 11) is 0. The summed E-state index contributed by atoms with van der Waals surface area (Å²) in [5.41, 5.74) is 1.71. The van der Waals surface area contributed by atoms with Gasteiger partial charge in [-0.05, 0) is 29.8 Å². The number of hydrogen-bond donors (Lipinski definition) is 2. The molecule has 1 atom stereocenters. The summed E-state index contributed by atoms with van der Waals surface area (Å²) in [4.78, 5) is 12.1. The molecule has 7 heteroatoms. The minimum absolute atomic E-state index is 0.00748. The van der Waals surface area contributed by atoms with Crippen molar-refractivity contribution < 1.29 is 13.9 Å². The van der Waals surface area contributed by atoms with Gasteiger partial charge in [0.1, 0.15) is 18.2 Å². The van der Waals surface area contributed by atoms with Crippen LogP contribution in [0.2, 0.25) is 5.02 Å². The van der Waals surface area contributed by atoms with Crippen molar-refractivity contribution in [3.8, 4) is 11.8 Å². The molecule has 2 aromatic carbocycles. The molecule has 1 aliphatic heterocycles. The highest BCUT2D eigenvalue weighted by Crippen LogP contribution is 2.35. The summed E-state index contributed by atoms with van der Waals surface area (Å²) in [6.07, 6.45) is 0. The fourth-order valence-electron chi connectivity index (χ4n) is 3.11. The van der Waals surface area contributed by atoms with Crippen LogP contribution in [-0.2, 0) is 6.61 Å². The van der Waals surface area contributed by atoms with E-state index in [4.69, 9.17) is 16.3 Å². The highest BCUT2D eigenvalue weighted by molar-refractivity contribution is 6.31. The van der Waals surface area contributed by atoms with E-state index in [9.17, 15) is 14.4 Å². The van der Waals surface area contributed by atoms with Crippen molar-refractivity contribution in [1.82, 2.24) is 10.6 Å². The second kappa shape index (κ2) is 8.14. The fourth-order valence-corrected chi connectivity index (χ4v) is 3.33. The number of ether oxygens (including phenoxy) is 1. The largest absolute Gasteiger partial charge is 0.489 e. The third-order valence-electron chi connectivity index (χ3n) is 4.60. The van der Waals surface area contributed by atoms with E-state index in [1.807, 2.05) is 20.8 Å². The first kappa shape index (κ1) is 20.7. The predicted octanol–water partition coefficient (Wildman–Crippen LogP) is 5.24. The molecule has 0 unspecified atom stereocenters. The lowest BCUT2D eigenvalue weighted by Crippen LogP contribution is -2.46. The summed E-state index contributed by atoms with van der Waals surface area (Å²) in [6, 6.07) is 12.7. The van der Waals surface area contributed by atoms with Crippen LogP contribution in [0, 0.1) is 22.6 Å². The smallest absolute Gasteiger partial charge is 0.319 e. The molecule has 1 aliphatic rings. The van der Waals surface area contributed by atoms with Crippen LogP contribution < -0.4 is 15.4 Å². The van der Waals surface area contributed by atoms with E-state index < -0.39 is 11.9 Å². The number of allylic oxidation sites excluding steroid dienone is 1. The minimum Gasteiger partial charge on any atom is -0.489 e. The monoisotopic (exact) mass is 413 g/mol. The quantitative estimate of drug-likeness (QED) is 0.720. The van der Waals surface area contributed by atoms with Crippen LogP contribution >= 0.6 is 11.6 Å². The zero-order valence-corrected chi connectivity index (χ0v) is 17.1. The Labute approximate surface area is 174 Å². The van der Waals surface area contributed by atoms with Crippen molar-refractivity contribution in [2.45, 2.75) is 33.4 Å². The van der Waals surface area contributed by atoms with Crippen LogP contribution in [0.3, 0.4) is 0 Å². The van der Waals surface area contributed by atoms with Crippen molar-refractivity contribution >= 4 is 17.6 Å². The average Bonchev–Trinajstić information content (AvgIpc) is 2.67. The molecule has 0 fully saturated rings. The molecule has 150 valence electrons. The van der Waals surface area contributed by atoms with E-state index >= 15 is 0 Å². The van der Waals surface area contributed by atoms with Crippen molar-refractivity contribution in [1.29, 1.82) is 5.26 Å². The Hall–Kier alpha value is -3.04. The first-order valence-corrected chi connectivity index (χ1v) is 9.46. The highest BCUT2D eigenvalue weighted by Gasteiger charge is 2.33. The van der Waals surface area contributed by atoms with E-state index in [0.717, 1.165) is 5.56 Å². The van der Waals surface area contributed by atoms with E-state index in [1.54, 1.807) is 30.3 Å². The first-order chi connectivity index (χ1) is 13.7. The number of nitriles is 1. The Kier molecular flexibility index (Phi) is 5.81. The Bertz CT molecular complexity index is 984. The number of carbonyl (C=O) groups excluding carboxylic acids is 1. The maximum atomic E-state index is 13.9. The first-order valence-electron chi connectivity index (χ1n) is 9.08. The molecule has 2 amide bonds. The minimum atomic E-state index is -0.557. The van der Waals surface area contributed by atoms with Gasteiger partial charge in [0, 0.05) is 16.7 Å². The van der Waals surface area contributed by atoms with Gasteiger partial charge < -0.3 is 15.4 Å². The number of nitrogens with one attached hydrogen (secondary N) is 2. The lowest BCUT2D eigenvalue weighted by Gasteiger charge is -2.33. The molecule has 0 bridgehead atoms. The highest BCUT2D eigenvalue weighted by atomic mass is 35.5. The molecule has 3 rings (SSSR count). The van der Waals surface area contributed by atoms with Crippen molar-refractivity contribution in [3.63, 3.8) is 0 Å². The summed E-state index contributed by atoms with van der Waals surface area (Å²) < 4.78 is 19.5. The normalized spacial score (nSPS) is 16.7. The number of nitrogens with zero attached hydrogens (tertiary/aromatic N) is 1.